The number of carbonyl (C=O) groups excluding carboxylic acids is 2. The van der Waals surface area contributed by atoms with Crippen molar-refractivity contribution < 1.29 is 19.1 Å². The van der Waals surface area contributed by atoms with Gasteiger partial charge in [0.05, 0.1) is 17.9 Å². The Kier molecular flexibility index (Phi) is 6.30. The van der Waals surface area contributed by atoms with Crippen molar-refractivity contribution in [3.63, 3.8) is 0 Å². The summed E-state index contributed by atoms with van der Waals surface area (Å²) in [5.41, 5.74) is 1.28. The molecule has 0 fully saturated rings. The normalized spacial score (nSPS) is 10.2. The Morgan fingerprint density at radius 3 is 2.46 bits per heavy atom. The molecule has 1 aromatic heterocycles. The van der Waals surface area contributed by atoms with Crippen LogP contribution in [0.2, 0.25) is 0 Å². The van der Waals surface area contributed by atoms with Crippen molar-refractivity contribution in [3.8, 4) is 5.75 Å². The molecule has 3 rings (SSSR count). The van der Waals surface area contributed by atoms with Gasteiger partial charge in [-0.1, -0.05) is 30.3 Å². The summed E-state index contributed by atoms with van der Waals surface area (Å²) >= 11 is 0. The van der Waals surface area contributed by atoms with Gasteiger partial charge in [0.25, 0.3) is 5.91 Å². The van der Waals surface area contributed by atoms with Crippen LogP contribution in [0.3, 0.4) is 0 Å². The van der Waals surface area contributed by atoms with Crippen molar-refractivity contribution in [1.29, 1.82) is 0 Å². The molecule has 0 spiro atoms. The first-order valence-corrected chi connectivity index (χ1v) is 8.74. The average molecular weight is 377 g/mol. The third-order valence-electron chi connectivity index (χ3n) is 3.77. The maximum atomic E-state index is 12.7. The van der Waals surface area contributed by atoms with Gasteiger partial charge in [-0.05, 0) is 31.2 Å². The van der Waals surface area contributed by atoms with E-state index in [2.05, 4.69) is 15.3 Å². The summed E-state index contributed by atoms with van der Waals surface area (Å²) in [6.07, 6.45) is 2.85. The maximum absolute atomic E-state index is 12.7. The van der Waals surface area contributed by atoms with Crippen molar-refractivity contribution in [2.24, 2.45) is 0 Å². The molecule has 0 saturated carbocycles. The van der Waals surface area contributed by atoms with Gasteiger partial charge in [-0.2, -0.15) is 0 Å². The van der Waals surface area contributed by atoms with Crippen LogP contribution >= 0.6 is 0 Å². The minimum Gasteiger partial charge on any atom is -0.492 e. The lowest BCUT2D eigenvalue weighted by molar-refractivity contribution is 0.0465. The Morgan fingerprint density at radius 2 is 1.68 bits per heavy atom. The number of amides is 1. The number of aromatic nitrogens is 2. The lowest BCUT2D eigenvalue weighted by Crippen LogP contribution is -2.19. The molecule has 0 unspecified atom stereocenters. The molecule has 1 heterocycles. The lowest BCUT2D eigenvalue weighted by Gasteiger charge is -2.12. The fraction of sp³-hybridized carbons (Fsp3) is 0.143. The fourth-order valence-corrected chi connectivity index (χ4v) is 2.49. The molecule has 0 saturated heterocycles. The Bertz CT molecular complexity index is 961. The lowest BCUT2D eigenvalue weighted by atomic mass is 10.2. The Morgan fingerprint density at radius 1 is 0.964 bits per heavy atom. The highest BCUT2D eigenvalue weighted by Gasteiger charge is 2.18. The molecule has 1 N–H and O–H groups in total. The van der Waals surface area contributed by atoms with Gasteiger partial charge in [-0.25, -0.2) is 9.78 Å². The molecule has 7 heteroatoms. The van der Waals surface area contributed by atoms with E-state index in [-0.39, 0.29) is 18.0 Å². The van der Waals surface area contributed by atoms with E-state index in [1.807, 2.05) is 19.1 Å². The summed E-state index contributed by atoms with van der Waals surface area (Å²) in [6, 6.07) is 15.7. The number of hydrogen-bond acceptors (Lipinski definition) is 6. The maximum Gasteiger partial charge on any atom is 0.338 e. The van der Waals surface area contributed by atoms with Crippen molar-refractivity contribution in [2.75, 3.05) is 11.9 Å². The number of esters is 1. The Balaban J connectivity index is 1.73. The number of rotatable bonds is 7. The van der Waals surface area contributed by atoms with Gasteiger partial charge >= 0.3 is 5.97 Å². The van der Waals surface area contributed by atoms with Crippen LogP contribution in [0.1, 0.15) is 33.5 Å². The number of para-hydroxylation sites is 2. The van der Waals surface area contributed by atoms with Crippen LogP contribution in [0.5, 0.6) is 5.75 Å². The quantitative estimate of drug-likeness (QED) is 0.634. The number of carbonyl (C=O) groups is 2. The van der Waals surface area contributed by atoms with Crippen LogP contribution in [-0.2, 0) is 11.3 Å². The van der Waals surface area contributed by atoms with Gasteiger partial charge in [-0.15, -0.1) is 0 Å². The van der Waals surface area contributed by atoms with E-state index >= 15 is 0 Å². The van der Waals surface area contributed by atoms with Crippen LogP contribution in [0.4, 0.5) is 5.69 Å². The van der Waals surface area contributed by atoms with Crippen LogP contribution in [0, 0.1) is 0 Å². The zero-order valence-corrected chi connectivity index (χ0v) is 15.3. The van der Waals surface area contributed by atoms with Gasteiger partial charge in [0.15, 0.2) is 5.69 Å². The molecule has 0 bridgehead atoms. The van der Waals surface area contributed by atoms with Crippen LogP contribution in [-0.4, -0.2) is 28.5 Å². The van der Waals surface area contributed by atoms with Crippen LogP contribution < -0.4 is 10.1 Å². The number of anilines is 1. The molecule has 0 atom stereocenters. The molecule has 0 aliphatic carbocycles. The van der Waals surface area contributed by atoms with Gasteiger partial charge in [0.1, 0.15) is 18.1 Å². The van der Waals surface area contributed by atoms with Crippen molar-refractivity contribution >= 4 is 17.6 Å². The van der Waals surface area contributed by atoms with E-state index in [9.17, 15) is 9.59 Å². The second kappa shape index (κ2) is 9.27. The standard InChI is InChI=1S/C21H19N3O4/c1-2-27-18-11-7-6-10-16(18)24-20(25)19-17(22-12-13-23-19)14-28-21(26)15-8-4-3-5-9-15/h3-13H,2,14H2,1H3,(H,24,25). The van der Waals surface area contributed by atoms with Crippen molar-refractivity contribution in [3.05, 3.63) is 83.9 Å². The van der Waals surface area contributed by atoms with Crippen molar-refractivity contribution in [1.82, 2.24) is 9.97 Å². The van der Waals surface area contributed by atoms with Crippen molar-refractivity contribution in [2.45, 2.75) is 13.5 Å². The van der Waals surface area contributed by atoms with E-state index in [0.717, 1.165) is 0 Å². The summed E-state index contributed by atoms with van der Waals surface area (Å²) in [5.74, 6) is -0.412. The van der Waals surface area contributed by atoms with Crippen LogP contribution in [0.25, 0.3) is 0 Å². The molecule has 3 aromatic rings. The van der Waals surface area contributed by atoms with Gasteiger partial charge in [0.2, 0.25) is 0 Å². The largest absolute Gasteiger partial charge is 0.492 e. The fourth-order valence-electron chi connectivity index (χ4n) is 2.49. The minimum atomic E-state index is -0.501. The smallest absolute Gasteiger partial charge is 0.338 e. The number of nitrogens with one attached hydrogen (secondary N) is 1. The van der Waals surface area contributed by atoms with Gasteiger partial charge < -0.3 is 14.8 Å². The minimum absolute atomic E-state index is 0.0784. The summed E-state index contributed by atoms with van der Waals surface area (Å²) < 4.78 is 10.8. The zero-order valence-electron chi connectivity index (χ0n) is 15.3. The summed E-state index contributed by atoms with van der Waals surface area (Å²) in [5, 5.41) is 2.76. The molecular formula is C21H19N3O4. The first kappa shape index (κ1) is 19.0. The summed E-state index contributed by atoms with van der Waals surface area (Å²) in [4.78, 5) is 33.0. The van der Waals surface area contributed by atoms with E-state index in [1.54, 1.807) is 42.5 Å². The molecule has 0 radical (unpaired) electrons. The van der Waals surface area contributed by atoms with Gasteiger partial charge in [0, 0.05) is 12.4 Å². The molecule has 0 aliphatic heterocycles. The molecule has 7 nitrogen and oxygen atoms in total. The van der Waals surface area contributed by atoms with Crippen LogP contribution in [0.15, 0.2) is 67.0 Å². The SMILES string of the molecule is CCOc1ccccc1NC(=O)c1nccnc1COC(=O)c1ccccc1. The third-order valence-corrected chi connectivity index (χ3v) is 3.77. The van der Waals surface area contributed by atoms with E-state index in [1.165, 1.54) is 12.4 Å². The van der Waals surface area contributed by atoms with E-state index in [4.69, 9.17) is 9.47 Å². The first-order valence-electron chi connectivity index (χ1n) is 8.74. The third kappa shape index (κ3) is 4.70. The van der Waals surface area contributed by atoms with E-state index in [0.29, 0.717) is 23.6 Å². The number of benzene rings is 2. The summed E-state index contributed by atoms with van der Waals surface area (Å²) in [7, 11) is 0. The second-order valence-electron chi connectivity index (χ2n) is 5.68. The molecule has 1 amide bonds. The monoisotopic (exact) mass is 377 g/mol. The highest BCUT2D eigenvalue weighted by atomic mass is 16.5. The Labute approximate surface area is 162 Å². The molecule has 28 heavy (non-hydrogen) atoms. The number of nitrogens with zero attached hydrogens (tertiary/aromatic N) is 2. The molecule has 142 valence electrons. The van der Waals surface area contributed by atoms with E-state index < -0.39 is 11.9 Å². The first-order chi connectivity index (χ1) is 13.7. The van der Waals surface area contributed by atoms with Gasteiger partial charge in [-0.3, -0.25) is 9.78 Å². The average Bonchev–Trinajstić information content (AvgIpc) is 2.74. The second-order valence-corrected chi connectivity index (χ2v) is 5.68. The topological polar surface area (TPSA) is 90.4 Å². The number of ether oxygens (including phenoxy) is 2. The molecular weight excluding hydrogens is 358 g/mol. The zero-order chi connectivity index (χ0) is 19.8. The molecule has 2 aromatic carbocycles. The predicted octanol–water partition coefficient (Wildman–Crippen LogP) is 3.48. The predicted molar refractivity (Wildman–Crippen MR) is 103 cm³/mol. The summed E-state index contributed by atoms with van der Waals surface area (Å²) in [6.45, 7) is 2.16. The highest BCUT2D eigenvalue weighted by Crippen LogP contribution is 2.24. The number of hydrogen-bond donors (Lipinski definition) is 1. The Hall–Kier alpha value is -3.74. The molecule has 0 aliphatic rings. The highest BCUT2D eigenvalue weighted by molar-refractivity contribution is 6.04.